The summed E-state index contributed by atoms with van der Waals surface area (Å²) in [7, 11) is 0. The van der Waals surface area contributed by atoms with E-state index in [0.717, 1.165) is 22.5 Å². The molecular formula is C28H33NO4. The van der Waals surface area contributed by atoms with E-state index in [9.17, 15) is 5.11 Å². The topological polar surface area (TPSA) is 60.8 Å². The summed E-state index contributed by atoms with van der Waals surface area (Å²) in [5.74, 6) is 1.84. The molecule has 3 rings (SSSR count). The Bertz CT molecular complexity index is 1060. The van der Waals surface area contributed by atoms with Crippen molar-refractivity contribution in [1.29, 1.82) is 0 Å². The van der Waals surface area contributed by atoms with E-state index in [-0.39, 0.29) is 18.5 Å². The van der Waals surface area contributed by atoms with Gasteiger partial charge in [-0.3, -0.25) is 0 Å². The van der Waals surface area contributed by atoms with Gasteiger partial charge in [-0.1, -0.05) is 50.8 Å². The van der Waals surface area contributed by atoms with Gasteiger partial charge in [0.15, 0.2) is 6.10 Å². The van der Waals surface area contributed by atoms with Crippen molar-refractivity contribution in [3.05, 3.63) is 89.8 Å². The molecule has 5 heteroatoms. The average Bonchev–Trinajstić information content (AvgIpc) is 2.81. The first-order valence-corrected chi connectivity index (χ1v) is 11.3. The van der Waals surface area contributed by atoms with Crippen molar-refractivity contribution in [2.75, 3.05) is 19.8 Å². The van der Waals surface area contributed by atoms with Gasteiger partial charge in [0.25, 0.3) is 0 Å². The molecule has 1 heterocycles. The Balaban J connectivity index is 1.82. The number of pyridine rings is 1. The van der Waals surface area contributed by atoms with Crippen LogP contribution in [0.2, 0.25) is 0 Å². The van der Waals surface area contributed by atoms with Gasteiger partial charge in [0, 0.05) is 12.2 Å². The third-order valence-electron chi connectivity index (χ3n) is 5.27. The second kappa shape index (κ2) is 11.5. The number of ether oxygens (including phenoxy) is 3. The molecule has 3 aromatic rings. The predicted octanol–water partition coefficient (Wildman–Crippen LogP) is 6.79. The Kier molecular flexibility index (Phi) is 8.50. The second-order valence-corrected chi connectivity index (χ2v) is 8.27. The van der Waals surface area contributed by atoms with Crippen LogP contribution in [0.5, 0.6) is 11.5 Å². The number of hydrogen-bond donors (Lipinski definition) is 1. The summed E-state index contributed by atoms with van der Waals surface area (Å²) in [5, 5.41) is 9.26. The van der Waals surface area contributed by atoms with E-state index in [0.29, 0.717) is 30.6 Å². The van der Waals surface area contributed by atoms with E-state index in [1.807, 2.05) is 50.2 Å². The molecule has 5 nitrogen and oxygen atoms in total. The highest BCUT2D eigenvalue weighted by molar-refractivity contribution is 5.59. The average molecular weight is 448 g/mol. The lowest BCUT2D eigenvalue weighted by Gasteiger charge is -2.20. The fourth-order valence-corrected chi connectivity index (χ4v) is 3.42. The molecule has 0 bridgehead atoms. The number of aliphatic hydroxyl groups is 1. The molecule has 0 aliphatic rings. The van der Waals surface area contributed by atoms with Crippen LogP contribution in [0.3, 0.4) is 0 Å². The van der Waals surface area contributed by atoms with Crippen molar-refractivity contribution >= 4 is 0 Å². The first kappa shape index (κ1) is 24.3. The normalized spacial score (nSPS) is 11.9. The molecule has 0 aliphatic carbocycles. The van der Waals surface area contributed by atoms with Crippen LogP contribution in [0, 0.1) is 6.92 Å². The van der Waals surface area contributed by atoms with Crippen LogP contribution >= 0.6 is 0 Å². The van der Waals surface area contributed by atoms with Gasteiger partial charge in [-0.25, -0.2) is 4.98 Å². The summed E-state index contributed by atoms with van der Waals surface area (Å²) in [6.07, 6.45) is -0.358. The highest BCUT2D eigenvalue weighted by Crippen LogP contribution is 2.29. The van der Waals surface area contributed by atoms with E-state index in [1.54, 1.807) is 0 Å². The predicted molar refractivity (Wildman–Crippen MR) is 132 cm³/mol. The third-order valence-corrected chi connectivity index (χ3v) is 5.27. The molecule has 1 aromatic heterocycles. The third kappa shape index (κ3) is 6.83. The standard InChI is InChI=1S/C28H33NO4/c1-6-31-18-28(33-24-14-15-27(20(4)16-24)32-17-21(5)30)26-9-7-8-25(29-26)23-12-10-22(11-13-23)19(2)3/h7-16,19,28,30H,5-6,17-18H2,1-4H3/t28-/m0/s1. The van der Waals surface area contributed by atoms with Crippen LogP contribution in [-0.2, 0) is 4.74 Å². The number of nitrogens with zero attached hydrogens (tertiary/aromatic N) is 1. The summed E-state index contributed by atoms with van der Waals surface area (Å²) >= 11 is 0. The number of aliphatic hydroxyl groups excluding tert-OH is 1. The van der Waals surface area contributed by atoms with E-state index < -0.39 is 0 Å². The number of benzene rings is 2. The molecule has 0 aliphatic heterocycles. The molecule has 0 spiro atoms. The summed E-state index contributed by atoms with van der Waals surface area (Å²) in [5.41, 5.74) is 4.98. The molecule has 33 heavy (non-hydrogen) atoms. The summed E-state index contributed by atoms with van der Waals surface area (Å²) in [6, 6.07) is 20.1. The molecule has 0 radical (unpaired) electrons. The molecule has 1 atom stereocenters. The van der Waals surface area contributed by atoms with Crippen LogP contribution in [0.15, 0.2) is 73.0 Å². The van der Waals surface area contributed by atoms with Crippen LogP contribution in [-0.4, -0.2) is 29.9 Å². The molecular weight excluding hydrogens is 414 g/mol. The summed E-state index contributed by atoms with van der Waals surface area (Å²) in [6.45, 7) is 12.7. The first-order valence-electron chi connectivity index (χ1n) is 11.3. The number of aryl methyl sites for hydroxylation is 1. The molecule has 0 amide bonds. The minimum absolute atomic E-state index is 0.0173. The van der Waals surface area contributed by atoms with Crippen molar-refractivity contribution in [2.45, 2.75) is 39.7 Å². The van der Waals surface area contributed by atoms with Gasteiger partial charge in [-0.05, 0) is 61.2 Å². The molecule has 2 aromatic carbocycles. The Morgan fingerprint density at radius 2 is 1.82 bits per heavy atom. The Morgan fingerprint density at radius 3 is 2.45 bits per heavy atom. The largest absolute Gasteiger partial charge is 0.509 e. The Labute approximate surface area is 196 Å². The van der Waals surface area contributed by atoms with E-state index >= 15 is 0 Å². The van der Waals surface area contributed by atoms with Gasteiger partial charge in [0.05, 0.1) is 18.0 Å². The smallest absolute Gasteiger partial charge is 0.164 e. The maximum Gasteiger partial charge on any atom is 0.164 e. The van der Waals surface area contributed by atoms with E-state index in [1.165, 1.54) is 5.56 Å². The first-order chi connectivity index (χ1) is 15.9. The van der Waals surface area contributed by atoms with Crippen molar-refractivity contribution < 1.29 is 19.3 Å². The maximum atomic E-state index is 9.26. The van der Waals surface area contributed by atoms with Gasteiger partial charge in [0.2, 0.25) is 0 Å². The monoisotopic (exact) mass is 447 g/mol. The fraction of sp³-hybridized carbons (Fsp3) is 0.321. The quantitative estimate of drug-likeness (QED) is 0.328. The molecule has 0 fully saturated rings. The van der Waals surface area contributed by atoms with Gasteiger partial charge in [-0.15, -0.1) is 0 Å². The van der Waals surface area contributed by atoms with Gasteiger partial charge in [-0.2, -0.15) is 0 Å². The summed E-state index contributed by atoms with van der Waals surface area (Å²) < 4.78 is 17.6. The second-order valence-electron chi connectivity index (χ2n) is 8.27. The van der Waals surface area contributed by atoms with Gasteiger partial charge in [0.1, 0.15) is 23.9 Å². The zero-order chi connectivity index (χ0) is 23.8. The minimum Gasteiger partial charge on any atom is -0.509 e. The lowest BCUT2D eigenvalue weighted by Crippen LogP contribution is -2.16. The molecule has 0 saturated heterocycles. The maximum absolute atomic E-state index is 9.26. The van der Waals surface area contributed by atoms with Crippen molar-refractivity contribution in [1.82, 2.24) is 4.98 Å². The molecule has 174 valence electrons. The summed E-state index contributed by atoms with van der Waals surface area (Å²) in [4.78, 5) is 4.89. The minimum atomic E-state index is -0.358. The Morgan fingerprint density at radius 1 is 1.06 bits per heavy atom. The molecule has 1 N–H and O–H groups in total. The van der Waals surface area contributed by atoms with Crippen LogP contribution < -0.4 is 9.47 Å². The zero-order valence-corrected chi connectivity index (χ0v) is 19.9. The van der Waals surface area contributed by atoms with Gasteiger partial charge < -0.3 is 19.3 Å². The number of aromatic nitrogens is 1. The van der Waals surface area contributed by atoms with Crippen LogP contribution in [0.25, 0.3) is 11.3 Å². The number of hydrogen-bond acceptors (Lipinski definition) is 5. The van der Waals surface area contributed by atoms with Gasteiger partial charge >= 0.3 is 0 Å². The van der Waals surface area contributed by atoms with Crippen molar-refractivity contribution in [2.24, 2.45) is 0 Å². The zero-order valence-electron chi connectivity index (χ0n) is 19.9. The van der Waals surface area contributed by atoms with Crippen molar-refractivity contribution in [3.63, 3.8) is 0 Å². The van der Waals surface area contributed by atoms with E-state index in [4.69, 9.17) is 19.2 Å². The van der Waals surface area contributed by atoms with Crippen LogP contribution in [0.4, 0.5) is 0 Å². The number of rotatable bonds is 11. The van der Waals surface area contributed by atoms with E-state index in [2.05, 4.69) is 44.7 Å². The van der Waals surface area contributed by atoms with Crippen molar-refractivity contribution in [3.8, 4) is 22.8 Å². The fourth-order valence-electron chi connectivity index (χ4n) is 3.42. The Hall–Kier alpha value is -3.31. The highest BCUT2D eigenvalue weighted by Gasteiger charge is 2.17. The lowest BCUT2D eigenvalue weighted by molar-refractivity contribution is 0.0540. The molecule has 0 saturated carbocycles. The molecule has 0 unspecified atom stereocenters. The SMILES string of the molecule is C=C(O)COc1ccc(O[C@@H](COCC)c2cccc(-c3ccc(C(C)C)cc3)n2)cc1C. The highest BCUT2D eigenvalue weighted by atomic mass is 16.5. The van der Waals surface area contributed by atoms with Crippen LogP contribution in [0.1, 0.15) is 49.6 Å². The lowest BCUT2D eigenvalue weighted by atomic mass is 10.0.